The minimum absolute atomic E-state index is 0. The Morgan fingerprint density at radius 1 is 1.12 bits per heavy atom. The Morgan fingerprint density at radius 2 is 1.38 bits per heavy atom. The maximum atomic E-state index is 4.95. The van der Waals surface area contributed by atoms with Gasteiger partial charge >= 0.3 is 0 Å². The van der Waals surface area contributed by atoms with Gasteiger partial charge in [0.1, 0.15) is 0 Å². The molecular formula is C2H5AuN3S2. The van der Waals surface area contributed by atoms with Gasteiger partial charge in [0.25, 0.3) is 0 Å². The van der Waals surface area contributed by atoms with E-state index in [9.17, 15) is 0 Å². The zero-order valence-corrected chi connectivity index (χ0v) is 7.57. The van der Waals surface area contributed by atoms with Crippen molar-refractivity contribution in [3.05, 3.63) is 0 Å². The fourth-order valence-corrected chi connectivity index (χ4v) is 0.406. The Bertz CT molecular complexity index is 91.5. The number of nitrogens with two attached hydrogens (primary N) is 2. The van der Waals surface area contributed by atoms with Crippen molar-refractivity contribution >= 4 is 34.7 Å². The zero-order chi connectivity index (χ0) is 5.86. The smallest absolute Gasteiger partial charge is 0.169 e. The summed E-state index contributed by atoms with van der Waals surface area (Å²) < 4.78 is 0. The molecule has 0 saturated heterocycles. The second kappa shape index (κ2) is 5.46. The minimum Gasteiger partial charge on any atom is -0.376 e. The van der Waals surface area contributed by atoms with Crippen LogP contribution < -0.4 is 16.8 Å². The first-order valence-corrected chi connectivity index (χ1v) is 2.30. The molecule has 51 valence electrons. The van der Waals surface area contributed by atoms with Crippen LogP contribution >= 0.6 is 24.4 Å². The van der Waals surface area contributed by atoms with Gasteiger partial charge in [0.15, 0.2) is 10.2 Å². The van der Waals surface area contributed by atoms with E-state index >= 15 is 0 Å². The molecule has 1 radical (unpaired) electrons. The van der Waals surface area contributed by atoms with Crippen LogP contribution in [0.25, 0.3) is 0 Å². The van der Waals surface area contributed by atoms with Crippen LogP contribution in [0.2, 0.25) is 0 Å². The third kappa shape index (κ3) is 9.58. The number of hydrogen-bond acceptors (Lipinski definition) is 2. The Morgan fingerprint density at radius 3 is 1.38 bits per heavy atom. The van der Waals surface area contributed by atoms with Crippen LogP contribution in [0.1, 0.15) is 0 Å². The second-order valence-corrected chi connectivity index (χ2v) is 1.73. The molecule has 0 bridgehead atoms. The van der Waals surface area contributed by atoms with E-state index in [1.807, 2.05) is 0 Å². The van der Waals surface area contributed by atoms with Crippen LogP contribution in [0.3, 0.4) is 0 Å². The summed E-state index contributed by atoms with van der Waals surface area (Å²) in [5.41, 5.74) is 9.89. The number of nitrogens with one attached hydrogen (secondary N) is 1. The average Bonchev–Trinajstić information content (AvgIpc) is 1.27. The average molecular weight is 332 g/mol. The summed E-state index contributed by atoms with van der Waals surface area (Å²) in [6, 6.07) is 0. The van der Waals surface area contributed by atoms with Crippen molar-refractivity contribution in [3.8, 4) is 0 Å². The van der Waals surface area contributed by atoms with Crippen LogP contribution in [0.5, 0.6) is 0 Å². The summed E-state index contributed by atoms with van der Waals surface area (Å²) in [7, 11) is 0. The predicted octanol–water partition coefficient (Wildman–Crippen LogP) is -0.939. The summed E-state index contributed by atoms with van der Waals surface area (Å²) in [5.74, 6) is 0. The Balaban J connectivity index is 0. The molecule has 5 N–H and O–H groups in total. The first kappa shape index (κ1) is 11.2. The molecule has 0 spiro atoms. The van der Waals surface area contributed by atoms with Gasteiger partial charge in [-0.2, -0.15) is 0 Å². The van der Waals surface area contributed by atoms with Gasteiger partial charge in [-0.1, -0.05) is 0 Å². The molecule has 0 heterocycles. The number of hydrogen-bond donors (Lipinski definition) is 3. The standard InChI is InChI=1S/C2H5N3S2.Au/c3-1(6)5-2(4)7;/h(H5,3,4,5,6,7);. The molecule has 0 aromatic carbocycles. The molecule has 0 saturated carbocycles. The first-order chi connectivity index (χ1) is 3.13. The molecule has 0 fully saturated rings. The summed E-state index contributed by atoms with van der Waals surface area (Å²) in [6.45, 7) is 0. The predicted molar refractivity (Wildman–Crippen MR) is 36.7 cm³/mol. The van der Waals surface area contributed by atoms with Crippen molar-refractivity contribution < 1.29 is 22.4 Å². The van der Waals surface area contributed by atoms with Gasteiger partial charge in [0, 0.05) is 22.4 Å². The second-order valence-electron chi connectivity index (χ2n) is 0.854. The van der Waals surface area contributed by atoms with E-state index in [1.165, 1.54) is 0 Å². The van der Waals surface area contributed by atoms with Crippen molar-refractivity contribution in [3.63, 3.8) is 0 Å². The number of rotatable bonds is 0. The van der Waals surface area contributed by atoms with E-state index < -0.39 is 0 Å². The SMILES string of the molecule is NC(=S)NC(N)=S.[Au]. The van der Waals surface area contributed by atoms with Crippen LogP contribution in [-0.2, 0) is 22.4 Å². The van der Waals surface area contributed by atoms with Crippen molar-refractivity contribution in [2.75, 3.05) is 0 Å². The first-order valence-electron chi connectivity index (χ1n) is 1.49. The van der Waals surface area contributed by atoms with E-state index in [0.29, 0.717) is 0 Å². The summed E-state index contributed by atoms with van der Waals surface area (Å²) in [6.07, 6.45) is 0. The third-order valence-corrected chi connectivity index (χ3v) is 0.451. The zero-order valence-electron chi connectivity index (χ0n) is 3.77. The van der Waals surface area contributed by atoms with Crippen LogP contribution in [0.15, 0.2) is 0 Å². The van der Waals surface area contributed by atoms with E-state index in [-0.39, 0.29) is 32.6 Å². The van der Waals surface area contributed by atoms with E-state index in [1.54, 1.807) is 0 Å². The van der Waals surface area contributed by atoms with Gasteiger partial charge in [0.2, 0.25) is 0 Å². The normalized spacial score (nSPS) is 6.50. The van der Waals surface area contributed by atoms with Gasteiger partial charge < -0.3 is 16.8 Å². The fourth-order valence-electron chi connectivity index (χ4n) is 0.121. The van der Waals surface area contributed by atoms with Gasteiger partial charge in [-0.05, 0) is 24.4 Å². The molecular weight excluding hydrogens is 327 g/mol. The van der Waals surface area contributed by atoms with Crippen molar-refractivity contribution in [1.82, 2.24) is 5.32 Å². The molecule has 0 aliphatic heterocycles. The molecule has 0 aliphatic carbocycles. The Hall–Kier alpha value is 0.320. The van der Waals surface area contributed by atoms with E-state index in [4.69, 9.17) is 11.5 Å². The maximum Gasteiger partial charge on any atom is 0.169 e. The van der Waals surface area contributed by atoms with Crippen LogP contribution in [-0.4, -0.2) is 10.2 Å². The monoisotopic (exact) mass is 332 g/mol. The molecule has 0 aromatic heterocycles. The summed E-state index contributed by atoms with van der Waals surface area (Å²) in [5, 5.41) is 2.53. The van der Waals surface area contributed by atoms with Crippen molar-refractivity contribution in [1.29, 1.82) is 0 Å². The van der Waals surface area contributed by atoms with Crippen LogP contribution in [0, 0.1) is 0 Å². The Labute approximate surface area is 73.7 Å². The molecule has 6 heteroatoms. The molecule has 0 amide bonds. The maximum absolute atomic E-state index is 4.95. The molecule has 8 heavy (non-hydrogen) atoms. The van der Waals surface area contributed by atoms with Gasteiger partial charge in [0.05, 0.1) is 0 Å². The molecule has 0 aliphatic rings. The molecule has 0 unspecified atom stereocenters. The quantitative estimate of drug-likeness (QED) is 0.395. The summed E-state index contributed by atoms with van der Waals surface area (Å²) >= 11 is 8.74. The topological polar surface area (TPSA) is 64.1 Å². The van der Waals surface area contributed by atoms with E-state index in [0.717, 1.165) is 0 Å². The third-order valence-electron chi connectivity index (χ3n) is 0.246. The van der Waals surface area contributed by atoms with Crippen LogP contribution in [0.4, 0.5) is 0 Å². The van der Waals surface area contributed by atoms with E-state index in [2.05, 4.69) is 29.8 Å². The largest absolute Gasteiger partial charge is 0.376 e. The van der Waals surface area contributed by atoms with Gasteiger partial charge in [-0.25, -0.2) is 0 Å². The fraction of sp³-hybridized carbons (Fsp3) is 0. The molecule has 0 aromatic rings. The summed E-state index contributed by atoms with van der Waals surface area (Å²) in [4.78, 5) is 0. The van der Waals surface area contributed by atoms with Crippen molar-refractivity contribution in [2.45, 2.75) is 0 Å². The van der Waals surface area contributed by atoms with Gasteiger partial charge in [-0.3, -0.25) is 0 Å². The van der Waals surface area contributed by atoms with Crippen molar-refractivity contribution in [2.24, 2.45) is 11.5 Å². The minimum atomic E-state index is 0. The van der Waals surface area contributed by atoms with Gasteiger partial charge in [-0.15, -0.1) is 0 Å². The molecule has 0 atom stereocenters. The Kier molecular flexibility index (Phi) is 7.61. The molecule has 3 nitrogen and oxygen atoms in total. The number of thiocarbonyl (C=S) groups is 2. The molecule has 0 rings (SSSR count).